The molecule has 21 heavy (non-hydrogen) atoms. The van der Waals surface area contributed by atoms with Gasteiger partial charge in [-0.25, -0.2) is 0 Å². The van der Waals surface area contributed by atoms with Crippen molar-refractivity contribution in [3.63, 3.8) is 0 Å². The van der Waals surface area contributed by atoms with E-state index in [-0.39, 0.29) is 10.7 Å². The summed E-state index contributed by atoms with van der Waals surface area (Å²) in [6.07, 6.45) is -4.46. The number of hydrogen-bond donors (Lipinski definition) is 2. The van der Waals surface area contributed by atoms with Crippen LogP contribution in [0.2, 0.25) is 5.02 Å². The molecule has 0 aromatic heterocycles. The van der Waals surface area contributed by atoms with Crippen LogP contribution in [0.5, 0.6) is 0 Å². The van der Waals surface area contributed by atoms with Gasteiger partial charge in [-0.1, -0.05) is 36.0 Å². The van der Waals surface area contributed by atoms with Gasteiger partial charge in [0, 0.05) is 16.3 Å². The molecular weight excluding hydrogens is 321 g/mol. The maximum atomic E-state index is 13.0. The molecular formula is C14H10ClF3N2S. The van der Waals surface area contributed by atoms with E-state index in [9.17, 15) is 13.2 Å². The third-order valence-electron chi connectivity index (χ3n) is 2.75. The molecule has 2 rings (SSSR count). The highest BCUT2D eigenvalue weighted by Crippen LogP contribution is 2.36. The van der Waals surface area contributed by atoms with E-state index in [0.29, 0.717) is 16.3 Å². The highest BCUT2D eigenvalue weighted by Gasteiger charge is 2.33. The van der Waals surface area contributed by atoms with Crippen LogP contribution in [-0.4, -0.2) is 4.99 Å². The average Bonchev–Trinajstić information content (AvgIpc) is 2.40. The molecule has 2 aromatic carbocycles. The van der Waals surface area contributed by atoms with Gasteiger partial charge in [-0.3, -0.25) is 0 Å². The van der Waals surface area contributed by atoms with Crippen LogP contribution in [0.15, 0.2) is 42.5 Å². The van der Waals surface area contributed by atoms with Crippen LogP contribution in [0.25, 0.3) is 0 Å². The van der Waals surface area contributed by atoms with Gasteiger partial charge in [-0.2, -0.15) is 13.2 Å². The largest absolute Gasteiger partial charge is 0.418 e. The van der Waals surface area contributed by atoms with Crippen LogP contribution in [0, 0.1) is 0 Å². The van der Waals surface area contributed by atoms with Crippen molar-refractivity contribution < 1.29 is 13.2 Å². The maximum absolute atomic E-state index is 13.0. The van der Waals surface area contributed by atoms with E-state index in [4.69, 9.17) is 29.6 Å². The first kappa shape index (κ1) is 15.6. The molecule has 110 valence electrons. The second kappa shape index (κ2) is 5.91. The van der Waals surface area contributed by atoms with Gasteiger partial charge in [0.05, 0.1) is 11.3 Å². The number of alkyl halides is 3. The quantitative estimate of drug-likeness (QED) is 0.798. The first-order chi connectivity index (χ1) is 9.79. The first-order valence-electron chi connectivity index (χ1n) is 5.81. The minimum atomic E-state index is -4.46. The summed E-state index contributed by atoms with van der Waals surface area (Å²) in [6, 6.07) is 9.74. The molecule has 0 radical (unpaired) electrons. The van der Waals surface area contributed by atoms with E-state index in [1.165, 1.54) is 30.3 Å². The summed E-state index contributed by atoms with van der Waals surface area (Å²) in [4.78, 5) is 0.0458. The Balaban J connectivity index is 2.47. The Morgan fingerprint density at radius 3 is 2.38 bits per heavy atom. The zero-order valence-corrected chi connectivity index (χ0v) is 12.1. The molecule has 0 spiro atoms. The molecule has 7 heteroatoms. The van der Waals surface area contributed by atoms with Crippen molar-refractivity contribution in [1.82, 2.24) is 0 Å². The molecule has 2 aromatic rings. The Morgan fingerprint density at radius 2 is 1.76 bits per heavy atom. The molecule has 0 atom stereocenters. The first-order valence-corrected chi connectivity index (χ1v) is 6.60. The zero-order valence-electron chi connectivity index (χ0n) is 10.5. The Kier molecular flexibility index (Phi) is 4.39. The number of benzene rings is 2. The second-order valence-corrected chi connectivity index (χ2v) is 5.10. The molecule has 0 fully saturated rings. The lowest BCUT2D eigenvalue weighted by molar-refractivity contribution is -0.136. The fourth-order valence-corrected chi connectivity index (χ4v) is 2.15. The number of para-hydroxylation sites is 1. The van der Waals surface area contributed by atoms with E-state index in [1.54, 1.807) is 6.07 Å². The van der Waals surface area contributed by atoms with Crippen molar-refractivity contribution in [2.24, 2.45) is 5.73 Å². The van der Waals surface area contributed by atoms with Gasteiger partial charge in [0.25, 0.3) is 0 Å². The highest BCUT2D eigenvalue weighted by atomic mass is 35.5. The molecule has 2 nitrogen and oxygen atoms in total. The molecule has 0 aliphatic heterocycles. The summed E-state index contributed by atoms with van der Waals surface area (Å²) in [5.74, 6) is 0. The van der Waals surface area contributed by atoms with Gasteiger partial charge in [0.1, 0.15) is 4.99 Å². The monoisotopic (exact) mass is 330 g/mol. The molecule has 0 saturated heterocycles. The molecule has 0 unspecified atom stereocenters. The van der Waals surface area contributed by atoms with Gasteiger partial charge >= 0.3 is 6.18 Å². The zero-order chi connectivity index (χ0) is 15.6. The van der Waals surface area contributed by atoms with Crippen molar-refractivity contribution in [3.05, 3.63) is 58.6 Å². The third-order valence-corrected chi connectivity index (χ3v) is 3.20. The van der Waals surface area contributed by atoms with E-state index >= 15 is 0 Å². The number of anilines is 2. The molecule has 0 saturated carbocycles. The van der Waals surface area contributed by atoms with Crippen molar-refractivity contribution >= 4 is 40.2 Å². The number of nitrogens with one attached hydrogen (secondary N) is 1. The molecule has 0 aliphatic rings. The van der Waals surface area contributed by atoms with E-state index < -0.39 is 11.7 Å². The van der Waals surface area contributed by atoms with Crippen LogP contribution >= 0.6 is 23.8 Å². The van der Waals surface area contributed by atoms with Gasteiger partial charge in [-0.05, 0) is 30.3 Å². The summed E-state index contributed by atoms with van der Waals surface area (Å²) in [5, 5.41) is 3.11. The highest BCUT2D eigenvalue weighted by molar-refractivity contribution is 7.80. The Labute approximate surface area is 129 Å². The minimum Gasteiger partial charge on any atom is -0.389 e. The Bertz CT molecular complexity index is 686. The normalized spacial score (nSPS) is 11.2. The average molecular weight is 331 g/mol. The number of thiocarbonyl (C=S) groups is 1. The fraction of sp³-hybridized carbons (Fsp3) is 0.0714. The minimum absolute atomic E-state index is 0.0458. The maximum Gasteiger partial charge on any atom is 0.418 e. The van der Waals surface area contributed by atoms with Crippen LogP contribution in [0.1, 0.15) is 11.1 Å². The van der Waals surface area contributed by atoms with Crippen molar-refractivity contribution in [3.8, 4) is 0 Å². The summed E-state index contributed by atoms with van der Waals surface area (Å²) >= 11 is 10.7. The topological polar surface area (TPSA) is 38.0 Å². The predicted octanol–water partition coefficient (Wildman–Crippen LogP) is 4.74. The molecule has 0 amide bonds. The van der Waals surface area contributed by atoms with Gasteiger partial charge in [-0.15, -0.1) is 0 Å². The summed E-state index contributed by atoms with van der Waals surface area (Å²) in [5.41, 5.74) is 5.47. The van der Waals surface area contributed by atoms with Crippen molar-refractivity contribution in [2.45, 2.75) is 6.18 Å². The van der Waals surface area contributed by atoms with Crippen LogP contribution in [-0.2, 0) is 6.18 Å². The van der Waals surface area contributed by atoms with Crippen molar-refractivity contribution in [2.75, 3.05) is 5.32 Å². The third kappa shape index (κ3) is 3.65. The van der Waals surface area contributed by atoms with Crippen LogP contribution in [0.3, 0.4) is 0 Å². The van der Waals surface area contributed by atoms with Crippen LogP contribution in [0.4, 0.5) is 24.5 Å². The van der Waals surface area contributed by atoms with E-state index in [2.05, 4.69) is 5.32 Å². The van der Waals surface area contributed by atoms with E-state index in [0.717, 1.165) is 6.07 Å². The molecule has 0 heterocycles. The van der Waals surface area contributed by atoms with Gasteiger partial charge in [0.2, 0.25) is 0 Å². The standard InChI is InChI=1S/C14H10ClF3N2S/c15-8-5-6-11(9(7-8)13(19)21)20-12-4-2-1-3-10(12)14(16,17)18/h1-7,20H,(H2,19,21). The predicted molar refractivity (Wildman–Crippen MR) is 82.1 cm³/mol. The van der Waals surface area contributed by atoms with Gasteiger partial charge in [0.15, 0.2) is 0 Å². The lowest BCUT2D eigenvalue weighted by atomic mass is 10.1. The van der Waals surface area contributed by atoms with Crippen molar-refractivity contribution in [1.29, 1.82) is 0 Å². The summed E-state index contributed by atoms with van der Waals surface area (Å²) in [6.45, 7) is 0. The number of hydrogen-bond acceptors (Lipinski definition) is 2. The summed E-state index contributed by atoms with van der Waals surface area (Å²) in [7, 11) is 0. The van der Waals surface area contributed by atoms with Gasteiger partial charge < -0.3 is 11.1 Å². The fourth-order valence-electron chi connectivity index (χ4n) is 1.81. The lowest BCUT2D eigenvalue weighted by Gasteiger charge is -2.16. The number of nitrogens with two attached hydrogens (primary N) is 1. The lowest BCUT2D eigenvalue weighted by Crippen LogP contribution is -2.13. The molecule has 0 bridgehead atoms. The summed E-state index contributed by atoms with van der Waals surface area (Å²) < 4.78 is 38.9. The molecule has 3 N–H and O–H groups in total. The Hall–Kier alpha value is -1.79. The smallest absolute Gasteiger partial charge is 0.389 e. The van der Waals surface area contributed by atoms with Crippen LogP contribution < -0.4 is 11.1 Å². The SMILES string of the molecule is NC(=S)c1cc(Cl)ccc1Nc1ccccc1C(F)(F)F. The number of rotatable bonds is 3. The second-order valence-electron chi connectivity index (χ2n) is 4.22. The Morgan fingerprint density at radius 1 is 1.10 bits per heavy atom. The molecule has 0 aliphatic carbocycles. The number of halogens is 4. The van der Waals surface area contributed by atoms with E-state index in [1.807, 2.05) is 0 Å².